The number of hydrogen-bond donors (Lipinski definition) is 2. The summed E-state index contributed by atoms with van der Waals surface area (Å²) >= 11 is 1.37. The van der Waals surface area contributed by atoms with E-state index in [4.69, 9.17) is 9.84 Å². The third-order valence-electron chi connectivity index (χ3n) is 3.58. The van der Waals surface area contributed by atoms with Crippen LogP contribution in [-0.4, -0.2) is 54.5 Å². The summed E-state index contributed by atoms with van der Waals surface area (Å²) in [5, 5.41) is 11.3. The molecule has 0 bridgehead atoms. The average molecular weight is 387 g/mol. The SMILES string of the molecule is O=C(O)CCCOc1ccc(NC(=O)CSC2CCS(=O)(=O)C2)cc1. The molecule has 1 heterocycles. The van der Waals surface area contributed by atoms with Gasteiger partial charge in [0.05, 0.1) is 23.9 Å². The van der Waals surface area contributed by atoms with Crippen LogP contribution in [0.3, 0.4) is 0 Å². The fraction of sp³-hybridized carbons (Fsp3) is 0.500. The maximum absolute atomic E-state index is 11.9. The van der Waals surface area contributed by atoms with E-state index in [1.165, 1.54) is 11.8 Å². The van der Waals surface area contributed by atoms with Gasteiger partial charge in [-0.3, -0.25) is 9.59 Å². The predicted octanol–water partition coefficient (Wildman–Crippen LogP) is 1.79. The van der Waals surface area contributed by atoms with Crippen molar-refractivity contribution in [3.8, 4) is 5.75 Å². The number of benzene rings is 1. The molecule has 0 aromatic heterocycles. The van der Waals surface area contributed by atoms with Crippen LogP contribution in [0, 0.1) is 0 Å². The van der Waals surface area contributed by atoms with Gasteiger partial charge < -0.3 is 15.2 Å². The van der Waals surface area contributed by atoms with Crippen molar-refractivity contribution < 1.29 is 27.9 Å². The molecule has 1 amide bonds. The number of amides is 1. The molecular weight excluding hydrogens is 366 g/mol. The lowest BCUT2D eigenvalue weighted by molar-refractivity contribution is -0.137. The van der Waals surface area contributed by atoms with E-state index in [9.17, 15) is 18.0 Å². The molecule has 0 aliphatic carbocycles. The van der Waals surface area contributed by atoms with Crippen LogP contribution in [0.2, 0.25) is 0 Å². The lowest BCUT2D eigenvalue weighted by atomic mass is 10.3. The normalized spacial score (nSPS) is 18.6. The number of carbonyl (C=O) groups excluding carboxylic acids is 1. The molecule has 1 aliphatic heterocycles. The summed E-state index contributed by atoms with van der Waals surface area (Å²) in [5.41, 5.74) is 0.627. The van der Waals surface area contributed by atoms with Crippen LogP contribution in [-0.2, 0) is 19.4 Å². The first kappa shape index (κ1) is 19.6. The maximum Gasteiger partial charge on any atom is 0.303 e. The molecule has 138 valence electrons. The molecule has 7 nitrogen and oxygen atoms in total. The summed E-state index contributed by atoms with van der Waals surface area (Å²) in [6, 6.07) is 6.81. The Labute approximate surface area is 151 Å². The molecule has 0 radical (unpaired) electrons. The molecule has 2 N–H and O–H groups in total. The van der Waals surface area contributed by atoms with E-state index < -0.39 is 15.8 Å². The number of carboxylic acid groups (broad SMARTS) is 1. The fourth-order valence-corrected chi connectivity index (χ4v) is 5.77. The second kappa shape index (κ2) is 9.10. The van der Waals surface area contributed by atoms with E-state index in [0.29, 0.717) is 30.9 Å². The largest absolute Gasteiger partial charge is 0.494 e. The highest BCUT2D eigenvalue weighted by atomic mass is 32.2. The number of anilines is 1. The predicted molar refractivity (Wildman–Crippen MR) is 97.0 cm³/mol. The zero-order chi connectivity index (χ0) is 18.3. The number of thioether (sulfide) groups is 1. The molecule has 9 heteroatoms. The topological polar surface area (TPSA) is 110 Å². The first-order chi connectivity index (χ1) is 11.8. The second-order valence-corrected chi connectivity index (χ2v) is 9.27. The summed E-state index contributed by atoms with van der Waals surface area (Å²) in [5.74, 6) is 0.153. The molecule has 1 unspecified atom stereocenters. The zero-order valence-electron chi connectivity index (χ0n) is 13.6. The van der Waals surface area contributed by atoms with Crippen LogP contribution in [0.1, 0.15) is 19.3 Å². The first-order valence-corrected chi connectivity index (χ1v) is 10.8. The van der Waals surface area contributed by atoms with Crippen molar-refractivity contribution in [2.45, 2.75) is 24.5 Å². The highest BCUT2D eigenvalue weighted by molar-refractivity contribution is 8.02. The van der Waals surface area contributed by atoms with Gasteiger partial charge in [0.25, 0.3) is 0 Å². The minimum atomic E-state index is -2.92. The van der Waals surface area contributed by atoms with Crippen molar-refractivity contribution in [3.05, 3.63) is 24.3 Å². The van der Waals surface area contributed by atoms with E-state index in [2.05, 4.69) is 5.32 Å². The van der Waals surface area contributed by atoms with Gasteiger partial charge in [0.1, 0.15) is 5.75 Å². The van der Waals surface area contributed by atoms with Gasteiger partial charge in [-0.1, -0.05) is 0 Å². The number of sulfone groups is 1. The van der Waals surface area contributed by atoms with E-state index >= 15 is 0 Å². The Morgan fingerprint density at radius 2 is 2.00 bits per heavy atom. The quantitative estimate of drug-likeness (QED) is 0.622. The molecule has 1 atom stereocenters. The summed E-state index contributed by atoms with van der Waals surface area (Å²) in [7, 11) is -2.92. The van der Waals surface area contributed by atoms with Gasteiger partial charge in [-0.15, -0.1) is 11.8 Å². The van der Waals surface area contributed by atoms with Crippen molar-refractivity contribution >= 4 is 39.2 Å². The number of nitrogens with one attached hydrogen (secondary N) is 1. The summed E-state index contributed by atoms with van der Waals surface area (Å²) in [6.07, 6.45) is 1.10. The van der Waals surface area contributed by atoms with Crippen molar-refractivity contribution in [3.63, 3.8) is 0 Å². The smallest absolute Gasteiger partial charge is 0.303 e. The average Bonchev–Trinajstić information content (AvgIpc) is 2.90. The molecule has 0 saturated carbocycles. The van der Waals surface area contributed by atoms with E-state index in [1.807, 2.05) is 0 Å². The van der Waals surface area contributed by atoms with Crippen molar-refractivity contribution in [1.29, 1.82) is 0 Å². The van der Waals surface area contributed by atoms with Crippen LogP contribution >= 0.6 is 11.8 Å². The van der Waals surface area contributed by atoms with Gasteiger partial charge in [-0.05, 0) is 37.1 Å². The molecule has 1 saturated heterocycles. The number of aliphatic carboxylic acids is 1. The fourth-order valence-electron chi connectivity index (χ4n) is 2.33. The summed E-state index contributed by atoms with van der Waals surface area (Å²) in [4.78, 5) is 22.3. The standard InChI is InChI=1S/C16H21NO6S2/c18-15(10-24-14-7-9-25(21,22)11-14)17-12-3-5-13(6-4-12)23-8-1-2-16(19)20/h3-6,14H,1-2,7-11H2,(H,17,18)(H,19,20). The van der Waals surface area contributed by atoms with Crippen LogP contribution in [0.4, 0.5) is 5.69 Å². The molecule has 1 aliphatic rings. The van der Waals surface area contributed by atoms with Gasteiger partial charge in [0.15, 0.2) is 9.84 Å². The molecule has 0 spiro atoms. The van der Waals surface area contributed by atoms with Crippen LogP contribution in [0.15, 0.2) is 24.3 Å². The van der Waals surface area contributed by atoms with Gasteiger partial charge in [-0.2, -0.15) is 0 Å². The van der Waals surface area contributed by atoms with Crippen LogP contribution < -0.4 is 10.1 Å². The molecule has 1 aromatic carbocycles. The van der Waals surface area contributed by atoms with Gasteiger partial charge in [0.2, 0.25) is 5.91 Å². The van der Waals surface area contributed by atoms with Crippen LogP contribution in [0.5, 0.6) is 5.75 Å². The van der Waals surface area contributed by atoms with E-state index in [0.717, 1.165) is 0 Å². The highest BCUT2D eigenvalue weighted by Gasteiger charge is 2.28. The zero-order valence-corrected chi connectivity index (χ0v) is 15.3. The van der Waals surface area contributed by atoms with E-state index in [-0.39, 0.29) is 34.8 Å². The summed E-state index contributed by atoms with van der Waals surface area (Å²) < 4.78 is 28.2. The molecular formula is C16H21NO6S2. The Morgan fingerprint density at radius 3 is 2.60 bits per heavy atom. The van der Waals surface area contributed by atoms with Gasteiger partial charge in [-0.25, -0.2) is 8.42 Å². The summed E-state index contributed by atoms with van der Waals surface area (Å²) in [6.45, 7) is 0.318. The molecule has 1 aromatic rings. The second-order valence-electron chi connectivity index (χ2n) is 5.75. The molecule has 25 heavy (non-hydrogen) atoms. The minimum absolute atomic E-state index is 0.00247. The first-order valence-electron chi connectivity index (χ1n) is 7.90. The number of ether oxygens (including phenoxy) is 1. The van der Waals surface area contributed by atoms with Crippen molar-refractivity contribution in [2.24, 2.45) is 0 Å². The lowest BCUT2D eigenvalue weighted by Gasteiger charge is -2.09. The lowest BCUT2D eigenvalue weighted by Crippen LogP contribution is -2.17. The Bertz CT molecular complexity index is 702. The number of hydrogen-bond acceptors (Lipinski definition) is 6. The molecule has 1 fully saturated rings. The maximum atomic E-state index is 11.9. The Kier molecular flexibility index (Phi) is 7.12. The highest BCUT2D eigenvalue weighted by Crippen LogP contribution is 2.24. The van der Waals surface area contributed by atoms with Crippen molar-refractivity contribution in [2.75, 3.05) is 29.2 Å². The van der Waals surface area contributed by atoms with Crippen molar-refractivity contribution in [1.82, 2.24) is 0 Å². The molecule has 2 rings (SSSR count). The van der Waals surface area contributed by atoms with Gasteiger partial charge >= 0.3 is 5.97 Å². The Morgan fingerprint density at radius 1 is 1.28 bits per heavy atom. The Hall–Kier alpha value is -1.74. The number of carbonyl (C=O) groups is 2. The number of carboxylic acids is 1. The van der Waals surface area contributed by atoms with Crippen LogP contribution in [0.25, 0.3) is 0 Å². The number of rotatable bonds is 9. The minimum Gasteiger partial charge on any atom is -0.494 e. The van der Waals surface area contributed by atoms with Gasteiger partial charge in [0, 0.05) is 17.4 Å². The third kappa shape index (κ3) is 7.35. The monoisotopic (exact) mass is 387 g/mol. The Balaban J connectivity index is 1.69. The van der Waals surface area contributed by atoms with E-state index in [1.54, 1.807) is 24.3 Å². The third-order valence-corrected chi connectivity index (χ3v) is 6.86.